The van der Waals surface area contributed by atoms with Crippen molar-refractivity contribution in [2.45, 2.75) is 56.5 Å². The van der Waals surface area contributed by atoms with Crippen molar-refractivity contribution < 1.29 is 9.59 Å². The number of hydrazine groups is 1. The standard InChI is InChI=1S/C17H28N4O2/c22-15-16(23)21(17(15)6-2-1-3-7-17)20-12-10-19(11-13-20)14-4-8-18-9-5-14/h14,18H,1-13H2. The predicted octanol–water partition coefficient (Wildman–Crippen LogP) is 0.385. The largest absolute Gasteiger partial charge is 0.317 e. The number of hydrogen-bond acceptors (Lipinski definition) is 5. The first-order chi connectivity index (χ1) is 11.2. The van der Waals surface area contributed by atoms with Crippen LogP contribution in [0.15, 0.2) is 0 Å². The number of ketones is 1. The normalized spacial score (nSPS) is 30.7. The minimum atomic E-state index is -0.466. The maximum absolute atomic E-state index is 12.3. The third kappa shape index (κ3) is 2.51. The maximum atomic E-state index is 12.3. The Labute approximate surface area is 138 Å². The number of piperazine rings is 1. The van der Waals surface area contributed by atoms with Crippen LogP contribution < -0.4 is 5.32 Å². The molecule has 0 aromatic carbocycles. The van der Waals surface area contributed by atoms with Gasteiger partial charge in [-0.1, -0.05) is 19.3 Å². The number of nitrogens with zero attached hydrogens (tertiary/aromatic N) is 3. The number of nitrogens with one attached hydrogen (secondary N) is 1. The molecule has 0 aromatic rings. The highest BCUT2D eigenvalue weighted by Gasteiger charge is 2.62. The summed E-state index contributed by atoms with van der Waals surface area (Å²) >= 11 is 0. The van der Waals surface area contributed by atoms with Crippen LogP contribution in [0.2, 0.25) is 0 Å². The summed E-state index contributed by atoms with van der Waals surface area (Å²) in [5.74, 6) is -0.389. The average molecular weight is 320 g/mol. The molecule has 1 N–H and O–H groups in total. The molecule has 0 aromatic heterocycles. The van der Waals surface area contributed by atoms with Crippen molar-refractivity contribution in [3.05, 3.63) is 0 Å². The fourth-order valence-corrected chi connectivity index (χ4v) is 4.96. The van der Waals surface area contributed by atoms with Gasteiger partial charge in [0.05, 0.1) is 0 Å². The third-order valence-electron chi connectivity index (χ3n) is 6.29. The van der Waals surface area contributed by atoms with Gasteiger partial charge in [-0.3, -0.25) is 19.5 Å². The summed E-state index contributed by atoms with van der Waals surface area (Å²) in [6, 6.07) is 0.691. The fraction of sp³-hybridized carbons (Fsp3) is 0.882. The summed E-state index contributed by atoms with van der Waals surface area (Å²) in [4.78, 5) is 27.1. The van der Waals surface area contributed by atoms with E-state index in [-0.39, 0.29) is 11.7 Å². The molecule has 0 unspecified atom stereocenters. The molecule has 1 saturated carbocycles. The molecule has 6 heteroatoms. The van der Waals surface area contributed by atoms with Crippen molar-refractivity contribution in [1.82, 2.24) is 20.2 Å². The lowest BCUT2D eigenvalue weighted by atomic mass is 9.72. The van der Waals surface area contributed by atoms with Gasteiger partial charge < -0.3 is 5.32 Å². The Bertz CT molecular complexity index is 475. The van der Waals surface area contributed by atoms with Crippen molar-refractivity contribution in [1.29, 1.82) is 0 Å². The molecule has 3 heterocycles. The Morgan fingerprint density at radius 3 is 2.22 bits per heavy atom. The predicted molar refractivity (Wildman–Crippen MR) is 86.7 cm³/mol. The third-order valence-corrected chi connectivity index (χ3v) is 6.29. The first-order valence-electron chi connectivity index (χ1n) is 9.31. The molecule has 4 aliphatic rings. The summed E-state index contributed by atoms with van der Waals surface area (Å²) in [6.07, 6.45) is 7.53. The van der Waals surface area contributed by atoms with Crippen LogP contribution in [0, 0.1) is 0 Å². The van der Waals surface area contributed by atoms with E-state index in [1.54, 1.807) is 0 Å². The van der Waals surface area contributed by atoms with Crippen LogP contribution in [0.25, 0.3) is 0 Å². The van der Waals surface area contributed by atoms with Gasteiger partial charge in [-0.15, -0.1) is 0 Å². The van der Waals surface area contributed by atoms with Crippen molar-refractivity contribution in [2.24, 2.45) is 0 Å². The topological polar surface area (TPSA) is 55.9 Å². The molecule has 0 bridgehead atoms. The van der Waals surface area contributed by atoms with E-state index in [1.165, 1.54) is 19.3 Å². The minimum absolute atomic E-state index is 0.127. The maximum Gasteiger partial charge on any atom is 0.307 e. The van der Waals surface area contributed by atoms with Crippen molar-refractivity contribution in [3.8, 4) is 0 Å². The van der Waals surface area contributed by atoms with Crippen LogP contribution in [0.4, 0.5) is 0 Å². The fourth-order valence-electron chi connectivity index (χ4n) is 4.96. The summed E-state index contributed by atoms with van der Waals surface area (Å²) in [6.45, 7) is 6.02. The molecule has 3 saturated heterocycles. The van der Waals surface area contributed by atoms with Gasteiger partial charge in [-0.05, 0) is 38.8 Å². The molecule has 1 spiro atoms. The van der Waals surface area contributed by atoms with Gasteiger partial charge in [0.15, 0.2) is 0 Å². The number of β-lactam (4-membered cyclic amide) rings is 1. The molecule has 128 valence electrons. The number of amides is 1. The number of carbonyl (C=O) groups excluding carboxylic acids is 2. The van der Waals surface area contributed by atoms with Crippen LogP contribution in [0.1, 0.15) is 44.9 Å². The smallest absolute Gasteiger partial charge is 0.307 e. The molecule has 4 fully saturated rings. The van der Waals surface area contributed by atoms with E-state index in [0.717, 1.165) is 65.0 Å². The highest BCUT2D eigenvalue weighted by atomic mass is 16.2. The highest BCUT2D eigenvalue weighted by Crippen LogP contribution is 2.42. The van der Waals surface area contributed by atoms with E-state index in [2.05, 4.69) is 15.2 Å². The van der Waals surface area contributed by atoms with E-state index < -0.39 is 5.54 Å². The van der Waals surface area contributed by atoms with E-state index in [1.807, 2.05) is 5.01 Å². The van der Waals surface area contributed by atoms with Crippen molar-refractivity contribution in [2.75, 3.05) is 39.3 Å². The molecule has 4 rings (SSSR count). The Kier molecular flexibility index (Phi) is 4.15. The van der Waals surface area contributed by atoms with Gasteiger partial charge in [-0.25, -0.2) is 5.01 Å². The minimum Gasteiger partial charge on any atom is -0.317 e. The molecule has 6 nitrogen and oxygen atoms in total. The second-order valence-electron chi connectivity index (χ2n) is 7.51. The molecule has 1 amide bonds. The van der Waals surface area contributed by atoms with Crippen LogP contribution in [0.3, 0.4) is 0 Å². The number of hydrogen-bond donors (Lipinski definition) is 1. The van der Waals surface area contributed by atoms with Crippen LogP contribution in [-0.4, -0.2) is 77.5 Å². The van der Waals surface area contributed by atoms with Crippen LogP contribution in [-0.2, 0) is 9.59 Å². The Morgan fingerprint density at radius 1 is 0.913 bits per heavy atom. The Morgan fingerprint density at radius 2 is 1.57 bits per heavy atom. The van der Waals surface area contributed by atoms with Gasteiger partial charge >= 0.3 is 5.91 Å². The number of rotatable bonds is 2. The van der Waals surface area contributed by atoms with Gasteiger partial charge in [0, 0.05) is 32.2 Å². The van der Waals surface area contributed by atoms with Gasteiger partial charge in [0.1, 0.15) is 5.54 Å². The van der Waals surface area contributed by atoms with E-state index in [9.17, 15) is 9.59 Å². The molecular weight excluding hydrogens is 292 g/mol. The summed E-state index contributed by atoms with van der Waals surface area (Å²) in [5, 5.41) is 7.45. The molecule has 0 atom stereocenters. The number of carbonyl (C=O) groups is 2. The van der Waals surface area contributed by atoms with Crippen molar-refractivity contribution in [3.63, 3.8) is 0 Å². The lowest BCUT2D eigenvalue weighted by Gasteiger charge is -2.57. The van der Waals surface area contributed by atoms with Crippen LogP contribution >= 0.6 is 0 Å². The highest BCUT2D eigenvalue weighted by molar-refractivity contribution is 6.46. The molecule has 1 aliphatic carbocycles. The second-order valence-corrected chi connectivity index (χ2v) is 7.51. The SMILES string of the molecule is O=C1C(=O)C2(CCCCC2)N1N1CCN(C2CCNCC2)CC1. The molecule has 3 aliphatic heterocycles. The van der Waals surface area contributed by atoms with Gasteiger partial charge in [0.25, 0.3) is 0 Å². The van der Waals surface area contributed by atoms with Crippen LogP contribution in [0.5, 0.6) is 0 Å². The van der Waals surface area contributed by atoms with E-state index in [4.69, 9.17) is 0 Å². The quantitative estimate of drug-likeness (QED) is 0.589. The van der Waals surface area contributed by atoms with Gasteiger partial charge in [0.2, 0.25) is 5.78 Å². The summed E-state index contributed by atoms with van der Waals surface area (Å²) in [7, 11) is 0. The molecule has 0 radical (unpaired) electrons. The second kappa shape index (κ2) is 6.15. The van der Waals surface area contributed by atoms with E-state index >= 15 is 0 Å². The Balaban J connectivity index is 1.39. The zero-order valence-electron chi connectivity index (χ0n) is 13.9. The average Bonchev–Trinajstić information content (AvgIpc) is 2.63. The lowest BCUT2D eigenvalue weighted by Crippen LogP contribution is -2.78. The molecule has 23 heavy (non-hydrogen) atoms. The van der Waals surface area contributed by atoms with Crippen molar-refractivity contribution >= 4 is 11.7 Å². The molecular formula is C17H28N4O2. The lowest BCUT2D eigenvalue weighted by molar-refractivity contribution is -0.208. The van der Waals surface area contributed by atoms with E-state index in [0.29, 0.717) is 6.04 Å². The number of Topliss-reactive ketones (excluding diaryl/α,β-unsaturated/α-hetero) is 1. The number of piperidine rings is 1. The monoisotopic (exact) mass is 320 g/mol. The summed E-state index contributed by atoms with van der Waals surface area (Å²) < 4.78 is 0. The zero-order chi connectivity index (χ0) is 15.9. The van der Waals surface area contributed by atoms with Gasteiger partial charge in [-0.2, -0.15) is 0 Å². The summed E-state index contributed by atoms with van der Waals surface area (Å²) in [5.41, 5.74) is -0.466. The zero-order valence-corrected chi connectivity index (χ0v) is 13.9. The Hall–Kier alpha value is -0.980. The first kappa shape index (κ1) is 15.5. The first-order valence-corrected chi connectivity index (χ1v) is 9.31.